The minimum absolute atomic E-state index is 0.000500. The molecule has 1 aromatic carbocycles. The minimum atomic E-state index is -0.0925. The van der Waals surface area contributed by atoms with Crippen LogP contribution >= 0.6 is 0 Å². The average molecular weight is 320 g/mol. The summed E-state index contributed by atoms with van der Waals surface area (Å²) in [5.41, 5.74) is 3.63. The lowest BCUT2D eigenvalue weighted by Gasteiger charge is -2.15. The maximum absolute atomic E-state index is 12.5. The molecular weight excluding hydrogens is 300 g/mol. The third-order valence-corrected chi connectivity index (χ3v) is 3.87. The average Bonchev–Trinajstić information content (AvgIpc) is 3.11. The van der Waals surface area contributed by atoms with Crippen LogP contribution < -0.4 is 5.32 Å². The number of rotatable bonds is 5. The van der Waals surface area contributed by atoms with Gasteiger partial charge in [0.25, 0.3) is 5.91 Å². The fraction of sp³-hybridized carbons (Fsp3) is 0.211. The maximum Gasteiger partial charge on any atom is 0.251 e. The summed E-state index contributed by atoms with van der Waals surface area (Å²) in [4.78, 5) is 16.9. The van der Waals surface area contributed by atoms with Gasteiger partial charge in [-0.1, -0.05) is 12.1 Å². The lowest BCUT2D eigenvalue weighted by molar-refractivity contribution is 0.0940. The Hall–Kier alpha value is -2.95. The number of hydrogen-bond acceptors (Lipinski definition) is 3. The molecular formula is C19H20N4O. The molecule has 1 N–H and O–H groups in total. The second kappa shape index (κ2) is 7.08. The lowest BCUT2D eigenvalue weighted by atomic mass is 10.1. The van der Waals surface area contributed by atoms with Gasteiger partial charge < -0.3 is 5.32 Å². The number of hydrogen-bond donors (Lipinski definition) is 1. The summed E-state index contributed by atoms with van der Waals surface area (Å²) in [6.07, 6.45) is 6.05. The zero-order valence-corrected chi connectivity index (χ0v) is 13.8. The summed E-state index contributed by atoms with van der Waals surface area (Å²) < 4.78 is 1.73. The first-order valence-corrected chi connectivity index (χ1v) is 7.95. The Kier molecular flexibility index (Phi) is 4.70. The maximum atomic E-state index is 12.5. The van der Waals surface area contributed by atoms with Crippen molar-refractivity contribution in [3.8, 4) is 5.69 Å². The van der Waals surface area contributed by atoms with E-state index in [0.29, 0.717) is 12.0 Å². The molecule has 0 aliphatic carbocycles. The number of carbonyl (C=O) groups is 1. The second-order valence-corrected chi connectivity index (χ2v) is 5.85. The van der Waals surface area contributed by atoms with E-state index in [9.17, 15) is 4.79 Å². The molecule has 2 heterocycles. The second-order valence-electron chi connectivity index (χ2n) is 5.85. The highest BCUT2D eigenvalue weighted by Gasteiger charge is 2.12. The number of carbonyl (C=O) groups excluding carboxylic acids is 1. The van der Waals surface area contributed by atoms with Crippen molar-refractivity contribution in [2.24, 2.45) is 0 Å². The molecule has 2 aromatic heterocycles. The topological polar surface area (TPSA) is 59.8 Å². The van der Waals surface area contributed by atoms with E-state index in [4.69, 9.17) is 0 Å². The molecule has 1 amide bonds. The Balaban J connectivity index is 1.69. The Morgan fingerprint density at radius 1 is 1.21 bits per heavy atom. The minimum Gasteiger partial charge on any atom is -0.349 e. The van der Waals surface area contributed by atoms with E-state index in [1.165, 1.54) is 0 Å². The molecule has 5 nitrogen and oxygen atoms in total. The Bertz CT molecular complexity index is 827. The predicted octanol–water partition coefficient (Wildman–Crippen LogP) is 2.94. The van der Waals surface area contributed by atoms with Crippen molar-refractivity contribution in [3.63, 3.8) is 0 Å². The largest absolute Gasteiger partial charge is 0.349 e. The van der Waals surface area contributed by atoms with Gasteiger partial charge in [0.2, 0.25) is 0 Å². The summed E-state index contributed by atoms with van der Waals surface area (Å²) in [5.74, 6) is -0.0925. The van der Waals surface area contributed by atoms with Gasteiger partial charge in [-0.15, -0.1) is 0 Å². The van der Waals surface area contributed by atoms with Crippen molar-refractivity contribution < 1.29 is 4.79 Å². The molecule has 0 spiro atoms. The standard InChI is InChI=1S/C19H20N4O/c1-14-6-4-9-20-18(14)12-15(2)22-19(24)16-7-3-8-17(13-16)23-11-5-10-21-23/h3-11,13,15H,12H2,1-2H3,(H,22,24). The van der Waals surface area contributed by atoms with Crippen molar-refractivity contribution in [2.45, 2.75) is 26.3 Å². The molecule has 122 valence electrons. The van der Waals surface area contributed by atoms with Gasteiger partial charge in [0.1, 0.15) is 0 Å². The summed E-state index contributed by atoms with van der Waals surface area (Å²) in [5, 5.41) is 7.23. The van der Waals surface area contributed by atoms with Crippen LogP contribution in [0.25, 0.3) is 5.69 Å². The van der Waals surface area contributed by atoms with E-state index in [0.717, 1.165) is 16.9 Å². The molecule has 1 atom stereocenters. The van der Waals surface area contributed by atoms with Crippen LogP contribution in [0.4, 0.5) is 0 Å². The van der Waals surface area contributed by atoms with Crippen LogP contribution in [0.15, 0.2) is 61.1 Å². The number of amides is 1. The molecule has 0 radical (unpaired) electrons. The first kappa shape index (κ1) is 15.9. The van der Waals surface area contributed by atoms with Gasteiger partial charge in [-0.05, 0) is 49.7 Å². The highest BCUT2D eigenvalue weighted by Crippen LogP contribution is 2.11. The molecule has 0 fully saturated rings. The van der Waals surface area contributed by atoms with Crippen LogP contribution in [0.1, 0.15) is 28.5 Å². The van der Waals surface area contributed by atoms with Gasteiger partial charge in [-0.25, -0.2) is 4.68 Å². The van der Waals surface area contributed by atoms with Crippen molar-refractivity contribution in [2.75, 3.05) is 0 Å². The summed E-state index contributed by atoms with van der Waals surface area (Å²) in [7, 11) is 0. The van der Waals surface area contributed by atoms with E-state index in [-0.39, 0.29) is 11.9 Å². The van der Waals surface area contributed by atoms with Gasteiger partial charge in [-0.2, -0.15) is 5.10 Å². The van der Waals surface area contributed by atoms with Crippen LogP contribution in [-0.4, -0.2) is 26.7 Å². The molecule has 0 bridgehead atoms. The third kappa shape index (κ3) is 3.68. The Labute approximate surface area is 141 Å². The highest BCUT2D eigenvalue weighted by atomic mass is 16.1. The third-order valence-electron chi connectivity index (χ3n) is 3.87. The molecule has 0 saturated carbocycles. The molecule has 3 aromatic rings. The smallest absolute Gasteiger partial charge is 0.251 e. The van der Waals surface area contributed by atoms with Crippen molar-refractivity contribution >= 4 is 5.91 Å². The molecule has 0 saturated heterocycles. The number of aryl methyl sites for hydroxylation is 1. The zero-order chi connectivity index (χ0) is 16.9. The quantitative estimate of drug-likeness (QED) is 0.786. The van der Waals surface area contributed by atoms with Crippen LogP contribution in [0.2, 0.25) is 0 Å². The molecule has 0 aliphatic rings. The molecule has 5 heteroatoms. The molecule has 24 heavy (non-hydrogen) atoms. The van der Waals surface area contributed by atoms with Crippen molar-refractivity contribution in [1.29, 1.82) is 0 Å². The first-order chi connectivity index (χ1) is 11.6. The van der Waals surface area contributed by atoms with E-state index in [1.807, 2.05) is 56.4 Å². The lowest BCUT2D eigenvalue weighted by Crippen LogP contribution is -2.34. The van der Waals surface area contributed by atoms with E-state index in [1.54, 1.807) is 23.1 Å². The fourth-order valence-corrected chi connectivity index (χ4v) is 2.59. The highest BCUT2D eigenvalue weighted by molar-refractivity contribution is 5.94. The number of pyridine rings is 1. The van der Waals surface area contributed by atoms with Crippen molar-refractivity contribution in [3.05, 3.63) is 77.9 Å². The van der Waals surface area contributed by atoms with E-state index in [2.05, 4.69) is 15.4 Å². The monoisotopic (exact) mass is 320 g/mol. The van der Waals surface area contributed by atoms with Crippen LogP contribution in [0.3, 0.4) is 0 Å². The molecule has 0 aliphatic heterocycles. The molecule has 1 unspecified atom stereocenters. The Morgan fingerprint density at radius 3 is 2.83 bits per heavy atom. The van der Waals surface area contributed by atoms with Crippen LogP contribution in [0, 0.1) is 6.92 Å². The van der Waals surface area contributed by atoms with Gasteiger partial charge in [-0.3, -0.25) is 9.78 Å². The Morgan fingerprint density at radius 2 is 2.08 bits per heavy atom. The van der Waals surface area contributed by atoms with E-state index >= 15 is 0 Å². The van der Waals surface area contributed by atoms with Crippen molar-refractivity contribution in [1.82, 2.24) is 20.1 Å². The summed E-state index contributed by atoms with van der Waals surface area (Å²) in [6.45, 7) is 4.02. The molecule has 3 rings (SSSR count). The van der Waals surface area contributed by atoms with Gasteiger partial charge in [0.15, 0.2) is 0 Å². The summed E-state index contributed by atoms with van der Waals surface area (Å²) >= 11 is 0. The predicted molar refractivity (Wildman–Crippen MR) is 93.2 cm³/mol. The van der Waals surface area contributed by atoms with E-state index < -0.39 is 0 Å². The normalized spacial score (nSPS) is 11.9. The first-order valence-electron chi connectivity index (χ1n) is 7.95. The van der Waals surface area contributed by atoms with Crippen LogP contribution in [0.5, 0.6) is 0 Å². The number of nitrogens with zero attached hydrogens (tertiary/aromatic N) is 3. The number of aromatic nitrogens is 3. The number of nitrogens with one attached hydrogen (secondary N) is 1. The fourth-order valence-electron chi connectivity index (χ4n) is 2.59. The SMILES string of the molecule is Cc1cccnc1CC(C)NC(=O)c1cccc(-n2cccn2)c1. The summed E-state index contributed by atoms with van der Waals surface area (Å²) in [6, 6.07) is 13.2. The zero-order valence-electron chi connectivity index (χ0n) is 13.8. The van der Waals surface area contributed by atoms with Gasteiger partial charge in [0.05, 0.1) is 5.69 Å². The number of benzene rings is 1. The van der Waals surface area contributed by atoms with Crippen LogP contribution in [-0.2, 0) is 6.42 Å². The van der Waals surface area contributed by atoms with Gasteiger partial charge >= 0.3 is 0 Å². The van der Waals surface area contributed by atoms with Gasteiger partial charge in [0, 0.05) is 42.3 Å².